The number of hydrogen-bond donors (Lipinski definition) is 0. The van der Waals surface area contributed by atoms with Gasteiger partial charge in [0.25, 0.3) is 0 Å². The number of likely N-dealkylation sites (tertiary alicyclic amines) is 1. The van der Waals surface area contributed by atoms with E-state index >= 15 is 0 Å². The molecular weight excluding hydrogens is 340 g/mol. The maximum Gasteiger partial charge on any atom is 0.223 e. The zero-order valence-corrected chi connectivity index (χ0v) is 16.1. The third-order valence-corrected chi connectivity index (χ3v) is 4.77. The molecule has 2 heterocycles. The summed E-state index contributed by atoms with van der Waals surface area (Å²) in [4.78, 5) is 36.3. The SMILES string of the molecule is Cc1nc(CCC(=O)N(C)C)cc(C2CCN(C(=O)CCCl)CC2)n1. The van der Waals surface area contributed by atoms with Gasteiger partial charge >= 0.3 is 0 Å². The van der Waals surface area contributed by atoms with Crippen LogP contribution in [0, 0.1) is 6.92 Å². The van der Waals surface area contributed by atoms with Crippen LogP contribution in [0.4, 0.5) is 0 Å². The van der Waals surface area contributed by atoms with E-state index in [0.717, 1.165) is 43.1 Å². The molecule has 1 aromatic heterocycles. The molecule has 1 fully saturated rings. The molecule has 0 spiro atoms. The highest BCUT2D eigenvalue weighted by molar-refractivity contribution is 6.18. The van der Waals surface area contributed by atoms with Crippen molar-refractivity contribution >= 4 is 23.4 Å². The van der Waals surface area contributed by atoms with Gasteiger partial charge in [0.05, 0.1) is 0 Å². The number of aromatic nitrogens is 2. The number of rotatable bonds is 6. The van der Waals surface area contributed by atoms with E-state index in [0.29, 0.717) is 31.1 Å². The van der Waals surface area contributed by atoms with Crippen LogP contribution in [-0.4, -0.2) is 64.6 Å². The lowest BCUT2D eigenvalue weighted by molar-refractivity contribution is -0.132. The fraction of sp³-hybridized carbons (Fsp3) is 0.667. The Hall–Kier alpha value is -1.69. The first-order valence-corrected chi connectivity index (χ1v) is 9.32. The topological polar surface area (TPSA) is 66.4 Å². The molecule has 138 valence electrons. The molecular formula is C18H27ClN4O2. The normalized spacial score (nSPS) is 15.3. The summed E-state index contributed by atoms with van der Waals surface area (Å²) in [6, 6.07) is 2.02. The van der Waals surface area contributed by atoms with Crippen LogP contribution in [0.1, 0.15) is 48.8 Å². The van der Waals surface area contributed by atoms with Crippen LogP contribution in [0.3, 0.4) is 0 Å². The first-order valence-electron chi connectivity index (χ1n) is 8.79. The monoisotopic (exact) mass is 366 g/mol. The van der Waals surface area contributed by atoms with Crippen LogP contribution in [0.15, 0.2) is 6.07 Å². The smallest absolute Gasteiger partial charge is 0.223 e. The van der Waals surface area contributed by atoms with Crippen molar-refractivity contribution in [1.82, 2.24) is 19.8 Å². The predicted molar refractivity (Wildman–Crippen MR) is 97.7 cm³/mol. The number of hydrogen-bond acceptors (Lipinski definition) is 4. The maximum atomic E-state index is 11.9. The Balaban J connectivity index is 1.98. The van der Waals surface area contributed by atoms with Gasteiger partial charge in [0.2, 0.25) is 11.8 Å². The first kappa shape index (κ1) is 19.6. The third-order valence-electron chi connectivity index (χ3n) is 4.58. The third kappa shape index (κ3) is 5.66. The fourth-order valence-corrected chi connectivity index (χ4v) is 3.28. The highest BCUT2D eigenvalue weighted by Gasteiger charge is 2.24. The van der Waals surface area contributed by atoms with Gasteiger partial charge in [-0.3, -0.25) is 9.59 Å². The lowest BCUT2D eigenvalue weighted by Gasteiger charge is -2.32. The molecule has 0 aliphatic carbocycles. The molecule has 1 saturated heterocycles. The minimum Gasteiger partial charge on any atom is -0.349 e. The van der Waals surface area contributed by atoms with Crippen molar-refractivity contribution in [3.63, 3.8) is 0 Å². The number of amides is 2. The first-order chi connectivity index (χ1) is 11.9. The van der Waals surface area contributed by atoms with E-state index in [4.69, 9.17) is 11.6 Å². The molecule has 7 heteroatoms. The summed E-state index contributed by atoms with van der Waals surface area (Å²) in [6.45, 7) is 3.38. The van der Waals surface area contributed by atoms with Crippen molar-refractivity contribution in [2.45, 2.75) is 44.9 Å². The average molecular weight is 367 g/mol. The zero-order valence-electron chi connectivity index (χ0n) is 15.3. The van der Waals surface area contributed by atoms with Crippen molar-refractivity contribution in [3.8, 4) is 0 Å². The minimum atomic E-state index is 0.101. The maximum absolute atomic E-state index is 11.9. The van der Waals surface area contributed by atoms with E-state index in [1.54, 1.807) is 19.0 Å². The highest BCUT2D eigenvalue weighted by Crippen LogP contribution is 2.27. The summed E-state index contributed by atoms with van der Waals surface area (Å²) >= 11 is 5.65. The number of nitrogens with zero attached hydrogens (tertiary/aromatic N) is 4. The van der Waals surface area contributed by atoms with Crippen LogP contribution in [0.2, 0.25) is 0 Å². The molecule has 0 unspecified atom stereocenters. The largest absolute Gasteiger partial charge is 0.349 e. The van der Waals surface area contributed by atoms with Crippen LogP contribution >= 0.6 is 11.6 Å². The van der Waals surface area contributed by atoms with Gasteiger partial charge in [-0.25, -0.2) is 9.97 Å². The van der Waals surface area contributed by atoms with Gasteiger partial charge in [0.1, 0.15) is 5.82 Å². The summed E-state index contributed by atoms with van der Waals surface area (Å²) in [6.07, 6.45) is 3.29. The Morgan fingerprint density at radius 2 is 1.92 bits per heavy atom. The number of aryl methyl sites for hydroxylation is 2. The summed E-state index contributed by atoms with van der Waals surface area (Å²) in [5, 5.41) is 0. The Bertz CT molecular complexity index is 613. The van der Waals surface area contributed by atoms with E-state index in [-0.39, 0.29) is 11.8 Å². The molecule has 0 bridgehead atoms. The summed E-state index contributed by atoms with van der Waals surface area (Å²) in [5.74, 6) is 1.69. The van der Waals surface area contributed by atoms with E-state index in [2.05, 4.69) is 9.97 Å². The molecule has 1 aliphatic rings. The number of piperidine rings is 1. The van der Waals surface area contributed by atoms with Crippen LogP contribution in [-0.2, 0) is 16.0 Å². The van der Waals surface area contributed by atoms with Crippen molar-refractivity contribution in [2.24, 2.45) is 0 Å². The molecule has 0 atom stereocenters. The molecule has 0 radical (unpaired) electrons. The number of carbonyl (C=O) groups is 2. The molecule has 0 saturated carbocycles. The van der Waals surface area contributed by atoms with Crippen molar-refractivity contribution in [3.05, 3.63) is 23.3 Å². The Kier molecular flexibility index (Phi) is 7.17. The fourth-order valence-electron chi connectivity index (χ4n) is 3.11. The number of carbonyl (C=O) groups excluding carboxylic acids is 2. The van der Waals surface area contributed by atoms with Crippen molar-refractivity contribution in [1.29, 1.82) is 0 Å². The molecule has 1 aromatic rings. The Labute approximate surface area is 154 Å². The Morgan fingerprint density at radius 1 is 1.24 bits per heavy atom. The van der Waals surface area contributed by atoms with Crippen LogP contribution in [0.5, 0.6) is 0 Å². The van der Waals surface area contributed by atoms with Crippen LogP contribution in [0.25, 0.3) is 0 Å². The highest BCUT2D eigenvalue weighted by atomic mass is 35.5. The van der Waals surface area contributed by atoms with Gasteiger partial charge in [0.15, 0.2) is 0 Å². The molecule has 2 amide bonds. The van der Waals surface area contributed by atoms with Gasteiger partial charge in [-0.2, -0.15) is 0 Å². The molecule has 2 rings (SSSR count). The van der Waals surface area contributed by atoms with Crippen LogP contribution < -0.4 is 0 Å². The number of alkyl halides is 1. The van der Waals surface area contributed by atoms with Gasteiger partial charge < -0.3 is 9.80 Å². The predicted octanol–water partition coefficient (Wildman–Crippen LogP) is 2.14. The van der Waals surface area contributed by atoms with E-state index in [1.807, 2.05) is 17.9 Å². The summed E-state index contributed by atoms with van der Waals surface area (Å²) in [7, 11) is 3.52. The average Bonchev–Trinajstić information content (AvgIpc) is 2.59. The van der Waals surface area contributed by atoms with E-state index < -0.39 is 0 Å². The molecule has 0 N–H and O–H groups in total. The van der Waals surface area contributed by atoms with E-state index in [9.17, 15) is 9.59 Å². The van der Waals surface area contributed by atoms with Gasteiger partial charge in [-0.1, -0.05) is 0 Å². The Morgan fingerprint density at radius 3 is 2.52 bits per heavy atom. The molecule has 25 heavy (non-hydrogen) atoms. The van der Waals surface area contributed by atoms with Crippen molar-refractivity contribution < 1.29 is 9.59 Å². The van der Waals surface area contributed by atoms with Gasteiger partial charge in [0, 0.05) is 63.2 Å². The molecule has 1 aliphatic heterocycles. The van der Waals surface area contributed by atoms with Gasteiger partial charge in [-0.15, -0.1) is 11.6 Å². The standard InChI is InChI=1S/C18H27ClN4O2/c1-13-20-15(4-5-17(24)22(2)3)12-16(21-13)14-7-10-23(11-8-14)18(25)6-9-19/h12,14H,4-11H2,1-3H3. The second-order valence-electron chi connectivity index (χ2n) is 6.71. The lowest BCUT2D eigenvalue weighted by Crippen LogP contribution is -2.38. The second kappa shape index (κ2) is 9.13. The quantitative estimate of drug-likeness (QED) is 0.723. The van der Waals surface area contributed by atoms with Gasteiger partial charge in [-0.05, 0) is 32.3 Å². The number of halogens is 1. The summed E-state index contributed by atoms with van der Waals surface area (Å²) in [5.41, 5.74) is 1.95. The van der Waals surface area contributed by atoms with Crippen molar-refractivity contribution in [2.75, 3.05) is 33.1 Å². The second-order valence-corrected chi connectivity index (χ2v) is 7.09. The zero-order chi connectivity index (χ0) is 18.4. The summed E-state index contributed by atoms with van der Waals surface area (Å²) < 4.78 is 0. The minimum absolute atomic E-state index is 0.101. The molecule has 6 nitrogen and oxygen atoms in total. The lowest BCUT2D eigenvalue weighted by atomic mass is 9.92. The van der Waals surface area contributed by atoms with E-state index in [1.165, 1.54) is 0 Å². The molecule has 0 aromatic carbocycles.